The van der Waals surface area contributed by atoms with Crippen molar-refractivity contribution in [2.24, 2.45) is 0 Å². The summed E-state index contributed by atoms with van der Waals surface area (Å²) in [6, 6.07) is 12.7. The van der Waals surface area contributed by atoms with Gasteiger partial charge in [-0.25, -0.2) is 8.42 Å². The van der Waals surface area contributed by atoms with Gasteiger partial charge in [0.15, 0.2) is 0 Å². The van der Waals surface area contributed by atoms with Crippen LogP contribution < -0.4 is 9.80 Å². The summed E-state index contributed by atoms with van der Waals surface area (Å²) in [5.41, 5.74) is 1.26. The van der Waals surface area contributed by atoms with E-state index in [0.29, 0.717) is 31.9 Å². The highest BCUT2D eigenvalue weighted by molar-refractivity contribution is 7.91. The molecule has 0 unspecified atom stereocenters. The van der Waals surface area contributed by atoms with Crippen LogP contribution in [0.1, 0.15) is 0 Å². The fourth-order valence-corrected chi connectivity index (χ4v) is 3.87. The highest BCUT2D eigenvalue weighted by atomic mass is 32.2. The van der Waals surface area contributed by atoms with Gasteiger partial charge < -0.3 is 14.9 Å². The topological polar surface area (TPSA) is 60.9 Å². The molecule has 1 saturated heterocycles. The third kappa shape index (κ3) is 3.53. The van der Waals surface area contributed by atoms with Crippen LogP contribution in [0.3, 0.4) is 0 Å². The molecule has 2 aromatic carbocycles. The van der Waals surface area contributed by atoms with Crippen LogP contribution >= 0.6 is 0 Å². The number of halogens is 2. The number of nitrogens with zero attached hydrogens (tertiary/aromatic N) is 2. The Balaban J connectivity index is 1.79. The molecule has 3 rings (SSSR count). The highest BCUT2D eigenvalue weighted by Crippen LogP contribution is 2.30. The fourth-order valence-electron chi connectivity index (χ4n) is 2.92. The maximum Gasteiger partial charge on any atom is 0.341 e. The van der Waals surface area contributed by atoms with Crippen LogP contribution in [0.2, 0.25) is 0 Å². The first-order valence-electron chi connectivity index (χ1n) is 7.79. The zero-order chi connectivity index (χ0) is 18.0. The average molecular weight is 368 g/mol. The normalized spacial score (nSPS) is 15.6. The lowest BCUT2D eigenvalue weighted by atomic mass is 10.2. The number of para-hydroxylation sites is 1. The van der Waals surface area contributed by atoms with Gasteiger partial charge in [-0.15, -0.1) is 0 Å². The monoisotopic (exact) mass is 368 g/mol. The smallest absolute Gasteiger partial charge is 0.341 e. The van der Waals surface area contributed by atoms with E-state index in [0.717, 1.165) is 5.69 Å². The SMILES string of the molecule is O=S(=O)(c1ccccc1N1CCN(c2ccc(O)cc2)CC1)C(F)F. The molecule has 25 heavy (non-hydrogen) atoms. The fraction of sp³-hybridized carbons (Fsp3) is 0.294. The van der Waals surface area contributed by atoms with Gasteiger partial charge in [-0.3, -0.25) is 0 Å². The number of rotatable bonds is 4. The van der Waals surface area contributed by atoms with Gasteiger partial charge in [0.2, 0.25) is 9.84 Å². The standard InChI is InChI=1S/C17H18F2N2O3S/c18-17(19)25(23,24)16-4-2-1-3-15(16)21-11-9-20(10-12-21)13-5-7-14(22)8-6-13/h1-8,17,22H,9-12H2. The quantitative estimate of drug-likeness (QED) is 0.899. The number of alkyl halides is 2. The Kier molecular flexibility index (Phi) is 4.80. The lowest BCUT2D eigenvalue weighted by Crippen LogP contribution is -2.47. The van der Waals surface area contributed by atoms with Gasteiger partial charge in [-0.1, -0.05) is 12.1 Å². The van der Waals surface area contributed by atoms with Crippen molar-refractivity contribution in [2.75, 3.05) is 36.0 Å². The van der Waals surface area contributed by atoms with Crippen molar-refractivity contribution in [3.8, 4) is 5.75 Å². The summed E-state index contributed by atoms with van der Waals surface area (Å²) in [4.78, 5) is 3.58. The van der Waals surface area contributed by atoms with E-state index in [2.05, 4.69) is 4.90 Å². The van der Waals surface area contributed by atoms with Crippen LogP contribution in [-0.4, -0.2) is 45.5 Å². The van der Waals surface area contributed by atoms with E-state index in [9.17, 15) is 22.3 Å². The molecule has 0 spiro atoms. The lowest BCUT2D eigenvalue weighted by Gasteiger charge is -2.38. The zero-order valence-corrected chi connectivity index (χ0v) is 14.2. The minimum Gasteiger partial charge on any atom is -0.508 e. The van der Waals surface area contributed by atoms with Gasteiger partial charge >= 0.3 is 5.76 Å². The number of phenolic OH excluding ortho intramolecular Hbond substituents is 1. The molecule has 1 N–H and O–H groups in total. The van der Waals surface area contributed by atoms with Gasteiger partial charge in [0.1, 0.15) is 5.75 Å². The lowest BCUT2D eigenvalue weighted by molar-refractivity contribution is 0.235. The van der Waals surface area contributed by atoms with E-state index in [4.69, 9.17) is 0 Å². The Labute approximate surface area is 145 Å². The second-order valence-electron chi connectivity index (χ2n) is 5.76. The molecule has 0 radical (unpaired) electrons. The van der Waals surface area contributed by atoms with Gasteiger partial charge in [-0.05, 0) is 36.4 Å². The molecule has 0 aliphatic carbocycles. The molecule has 0 bridgehead atoms. The van der Waals surface area contributed by atoms with Crippen molar-refractivity contribution in [2.45, 2.75) is 10.7 Å². The first-order valence-corrected chi connectivity index (χ1v) is 9.34. The zero-order valence-electron chi connectivity index (χ0n) is 13.3. The predicted molar refractivity (Wildman–Crippen MR) is 92.2 cm³/mol. The molecule has 1 fully saturated rings. The Morgan fingerprint density at radius 1 is 0.880 bits per heavy atom. The largest absolute Gasteiger partial charge is 0.508 e. The van der Waals surface area contributed by atoms with E-state index >= 15 is 0 Å². The maximum absolute atomic E-state index is 12.9. The summed E-state index contributed by atoms with van der Waals surface area (Å²) in [6.45, 7) is 2.26. The van der Waals surface area contributed by atoms with Crippen LogP contribution in [0.25, 0.3) is 0 Å². The number of hydrogen-bond donors (Lipinski definition) is 1. The predicted octanol–water partition coefficient (Wildman–Crippen LogP) is 2.72. The molecule has 1 aliphatic rings. The first kappa shape index (κ1) is 17.5. The van der Waals surface area contributed by atoms with Gasteiger partial charge in [-0.2, -0.15) is 8.78 Å². The molecular formula is C17H18F2N2O3S. The van der Waals surface area contributed by atoms with Crippen molar-refractivity contribution in [1.29, 1.82) is 0 Å². The van der Waals surface area contributed by atoms with Crippen molar-refractivity contribution in [3.05, 3.63) is 48.5 Å². The second kappa shape index (κ2) is 6.87. The number of sulfone groups is 1. The van der Waals surface area contributed by atoms with Crippen molar-refractivity contribution >= 4 is 21.2 Å². The molecule has 134 valence electrons. The summed E-state index contributed by atoms with van der Waals surface area (Å²) in [5.74, 6) is -3.25. The van der Waals surface area contributed by atoms with Gasteiger partial charge in [0.05, 0.1) is 10.6 Å². The third-order valence-corrected chi connectivity index (χ3v) is 5.67. The number of anilines is 2. The Hall–Kier alpha value is -2.35. The van der Waals surface area contributed by atoms with Gasteiger partial charge in [0, 0.05) is 31.9 Å². The number of aromatic hydroxyl groups is 1. The van der Waals surface area contributed by atoms with E-state index < -0.39 is 15.6 Å². The van der Waals surface area contributed by atoms with Crippen LogP contribution in [0.5, 0.6) is 5.75 Å². The molecule has 2 aromatic rings. The molecule has 5 nitrogen and oxygen atoms in total. The second-order valence-corrected chi connectivity index (χ2v) is 7.65. The minimum absolute atomic E-state index is 0.188. The number of piperazine rings is 1. The van der Waals surface area contributed by atoms with Crippen molar-refractivity contribution in [3.63, 3.8) is 0 Å². The Morgan fingerprint density at radius 3 is 2.04 bits per heavy atom. The van der Waals surface area contributed by atoms with E-state index in [1.165, 1.54) is 12.1 Å². The number of hydrogen-bond acceptors (Lipinski definition) is 5. The van der Waals surface area contributed by atoms with Gasteiger partial charge in [0.25, 0.3) is 0 Å². The molecule has 0 atom stereocenters. The van der Waals surface area contributed by atoms with Crippen molar-refractivity contribution in [1.82, 2.24) is 0 Å². The average Bonchev–Trinajstić information content (AvgIpc) is 2.62. The Morgan fingerprint density at radius 2 is 1.44 bits per heavy atom. The molecule has 8 heteroatoms. The minimum atomic E-state index is -4.64. The molecule has 1 heterocycles. The molecule has 0 saturated carbocycles. The summed E-state index contributed by atoms with van der Waals surface area (Å²) >= 11 is 0. The maximum atomic E-state index is 12.9. The summed E-state index contributed by atoms with van der Waals surface area (Å²) < 4.78 is 49.7. The van der Waals surface area contributed by atoms with Crippen LogP contribution in [0.15, 0.2) is 53.4 Å². The Bertz CT molecular complexity index is 833. The van der Waals surface area contributed by atoms with E-state index in [1.807, 2.05) is 4.90 Å². The number of phenols is 1. The molecule has 0 aromatic heterocycles. The summed E-state index contributed by atoms with van der Waals surface area (Å²) in [5, 5.41) is 9.35. The van der Waals surface area contributed by atoms with Crippen LogP contribution in [0.4, 0.5) is 20.2 Å². The first-order chi connectivity index (χ1) is 11.9. The third-order valence-electron chi connectivity index (χ3n) is 4.24. The van der Waals surface area contributed by atoms with E-state index in [1.54, 1.807) is 36.4 Å². The summed E-state index contributed by atoms with van der Waals surface area (Å²) in [7, 11) is -4.64. The van der Waals surface area contributed by atoms with E-state index in [-0.39, 0.29) is 10.6 Å². The highest BCUT2D eigenvalue weighted by Gasteiger charge is 2.31. The molecular weight excluding hydrogens is 350 g/mol. The van der Waals surface area contributed by atoms with Crippen LogP contribution in [-0.2, 0) is 9.84 Å². The molecule has 0 amide bonds. The van der Waals surface area contributed by atoms with Crippen molar-refractivity contribution < 1.29 is 22.3 Å². The van der Waals surface area contributed by atoms with Crippen LogP contribution in [0, 0.1) is 0 Å². The summed E-state index contributed by atoms with van der Waals surface area (Å²) in [6.07, 6.45) is 0. The number of benzene rings is 2. The molecule has 1 aliphatic heterocycles.